The van der Waals surface area contributed by atoms with E-state index in [0.29, 0.717) is 0 Å². The molecule has 0 aromatic carbocycles. The van der Waals surface area contributed by atoms with Crippen LogP contribution >= 0.6 is 0 Å². The van der Waals surface area contributed by atoms with Crippen LogP contribution in [0.25, 0.3) is 0 Å². The molecule has 1 heterocycles. The molecule has 0 atom stereocenters. The van der Waals surface area contributed by atoms with E-state index in [4.69, 9.17) is 0 Å². The van der Waals surface area contributed by atoms with Crippen LogP contribution in [0, 0.1) is 5.92 Å². The van der Waals surface area contributed by atoms with Gasteiger partial charge in [-0.25, -0.2) is 0 Å². The summed E-state index contributed by atoms with van der Waals surface area (Å²) >= 11 is 0. The second-order valence-electron chi connectivity index (χ2n) is 3.12. The minimum Gasteiger partial charge on any atom is -0.373 e. The first-order valence-corrected chi connectivity index (χ1v) is 3.86. The van der Waals surface area contributed by atoms with Crippen LogP contribution in [-0.4, -0.2) is 18.0 Å². The predicted molar refractivity (Wildman–Crippen MR) is 44.7 cm³/mol. The number of allylic oxidation sites excluding steroid dienone is 2. The first kappa shape index (κ1) is 7.39. The summed E-state index contributed by atoms with van der Waals surface area (Å²) in [5.74, 6) is 0.760. The van der Waals surface area contributed by atoms with Crippen LogP contribution in [0.2, 0.25) is 0 Å². The first-order valence-electron chi connectivity index (χ1n) is 3.86. The minimum atomic E-state index is 0.760. The highest BCUT2D eigenvalue weighted by Crippen LogP contribution is 2.02. The maximum Gasteiger partial charge on any atom is 0.0357 e. The lowest BCUT2D eigenvalue weighted by Crippen LogP contribution is -2.23. The predicted octanol–water partition coefficient (Wildman–Crippen LogP) is 2.03. The van der Waals surface area contributed by atoms with Gasteiger partial charge in [0, 0.05) is 13.1 Å². The fourth-order valence-electron chi connectivity index (χ4n) is 1.11. The van der Waals surface area contributed by atoms with Gasteiger partial charge >= 0.3 is 0 Å². The smallest absolute Gasteiger partial charge is 0.0357 e. The zero-order chi connectivity index (χ0) is 7.40. The van der Waals surface area contributed by atoms with Crippen LogP contribution in [-0.2, 0) is 0 Å². The fourth-order valence-corrected chi connectivity index (χ4v) is 1.11. The largest absolute Gasteiger partial charge is 0.373 e. The number of hydrogen-bond acceptors (Lipinski definition) is 1. The van der Waals surface area contributed by atoms with Crippen molar-refractivity contribution in [1.82, 2.24) is 4.90 Å². The first-order chi connectivity index (χ1) is 4.79. The molecule has 0 fully saturated rings. The van der Waals surface area contributed by atoms with Gasteiger partial charge in [-0.3, -0.25) is 0 Å². The van der Waals surface area contributed by atoms with Gasteiger partial charge in [0.25, 0.3) is 0 Å². The van der Waals surface area contributed by atoms with E-state index in [1.165, 1.54) is 6.54 Å². The molecule has 0 radical (unpaired) electrons. The summed E-state index contributed by atoms with van der Waals surface area (Å²) in [6.07, 6.45) is 8.52. The van der Waals surface area contributed by atoms with E-state index in [1.54, 1.807) is 0 Å². The third-order valence-electron chi connectivity index (χ3n) is 1.48. The molecule has 1 aliphatic heterocycles. The Morgan fingerprint density at radius 2 is 2.20 bits per heavy atom. The van der Waals surface area contributed by atoms with Crippen molar-refractivity contribution >= 4 is 0 Å². The lowest BCUT2D eigenvalue weighted by molar-refractivity contribution is 0.357. The highest BCUT2D eigenvalue weighted by molar-refractivity contribution is 5.08. The Hall–Kier alpha value is -0.720. The molecule has 0 saturated heterocycles. The lowest BCUT2D eigenvalue weighted by atomic mass is 10.2. The Balaban J connectivity index is 2.30. The highest BCUT2D eigenvalue weighted by atomic mass is 15.1. The molecule has 0 unspecified atom stereocenters. The van der Waals surface area contributed by atoms with Crippen LogP contribution < -0.4 is 0 Å². The number of rotatable bonds is 2. The molecular formula is C9H15N. The van der Waals surface area contributed by atoms with Crippen molar-refractivity contribution in [2.75, 3.05) is 13.1 Å². The van der Waals surface area contributed by atoms with Gasteiger partial charge in [-0.15, -0.1) is 0 Å². The van der Waals surface area contributed by atoms with E-state index >= 15 is 0 Å². The molecular weight excluding hydrogens is 122 g/mol. The quantitative estimate of drug-likeness (QED) is 0.563. The van der Waals surface area contributed by atoms with Gasteiger partial charge < -0.3 is 4.90 Å². The van der Waals surface area contributed by atoms with Crippen molar-refractivity contribution in [2.45, 2.75) is 13.8 Å². The van der Waals surface area contributed by atoms with Crippen molar-refractivity contribution in [3.05, 3.63) is 24.4 Å². The standard InChI is InChI=1S/C9H15N/c1-9(2)8-10-6-4-3-5-7-10/h3-6,9H,7-8H2,1-2H3. The van der Waals surface area contributed by atoms with Gasteiger partial charge in [-0.1, -0.05) is 26.0 Å². The summed E-state index contributed by atoms with van der Waals surface area (Å²) < 4.78 is 0. The average Bonchev–Trinajstić information content (AvgIpc) is 1.88. The van der Waals surface area contributed by atoms with Crippen molar-refractivity contribution < 1.29 is 0 Å². The number of nitrogens with zero attached hydrogens (tertiary/aromatic N) is 1. The molecule has 0 amide bonds. The molecule has 0 aromatic heterocycles. The Bertz CT molecular complexity index is 145. The summed E-state index contributed by atoms with van der Waals surface area (Å²) in [6.45, 7) is 6.73. The van der Waals surface area contributed by atoms with E-state index in [0.717, 1.165) is 12.5 Å². The molecule has 1 rings (SSSR count). The van der Waals surface area contributed by atoms with Gasteiger partial charge in [0.15, 0.2) is 0 Å². The summed E-state index contributed by atoms with van der Waals surface area (Å²) in [6, 6.07) is 0. The summed E-state index contributed by atoms with van der Waals surface area (Å²) in [7, 11) is 0. The van der Waals surface area contributed by atoms with E-state index in [9.17, 15) is 0 Å². The Morgan fingerprint density at radius 1 is 1.40 bits per heavy atom. The Kier molecular flexibility index (Phi) is 2.55. The van der Waals surface area contributed by atoms with Crippen LogP contribution in [0.5, 0.6) is 0 Å². The van der Waals surface area contributed by atoms with E-state index in [1.807, 2.05) is 0 Å². The topological polar surface area (TPSA) is 3.24 Å². The Morgan fingerprint density at radius 3 is 2.70 bits per heavy atom. The van der Waals surface area contributed by atoms with E-state index < -0.39 is 0 Å². The van der Waals surface area contributed by atoms with E-state index in [2.05, 4.69) is 43.2 Å². The van der Waals surface area contributed by atoms with Crippen molar-refractivity contribution in [3.8, 4) is 0 Å². The third-order valence-corrected chi connectivity index (χ3v) is 1.48. The maximum atomic E-state index is 2.32. The van der Waals surface area contributed by atoms with Gasteiger partial charge in [0.2, 0.25) is 0 Å². The lowest BCUT2D eigenvalue weighted by Gasteiger charge is -2.22. The van der Waals surface area contributed by atoms with Gasteiger partial charge in [-0.05, 0) is 18.2 Å². The molecule has 0 spiro atoms. The zero-order valence-electron chi connectivity index (χ0n) is 6.75. The van der Waals surface area contributed by atoms with Crippen LogP contribution in [0.3, 0.4) is 0 Å². The molecule has 0 bridgehead atoms. The molecule has 10 heavy (non-hydrogen) atoms. The molecule has 1 nitrogen and oxygen atoms in total. The maximum absolute atomic E-state index is 2.32. The fraction of sp³-hybridized carbons (Fsp3) is 0.556. The van der Waals surface area contributed by atoms with Crippen LogP contribution in [0.4, 0.5) is 0 Å². The second kappa shape index (κ2) is 3.45. The van der Waals surface area contributed by atoms with Crippen molar-refractivity contribution in [2.24, 2.45) is 5.92 Å². The highest BCUT2D eigenvalue weighted by Gasteiger charge is 2.00. The SMILES string of the molecule is CC(C)CN1C=CC=CC1. The monoisotopic (exact) mass is 137 g/mol. The molecule has 0 saturated carbocycles. The normalized spacial score (nSPS) is 16.9. The van der Waals surface area contributed by atoms with Gasteiger partial charge in [-0.2, -0.15) is 0 Å². The van der Waals surface area contributed by atoms with Crippen molar-refractivity contribution in [3.63, 3.8) is 0 Å². The van der Waals surface area contributed by atoms with Crippen LogP contribution in [0.1, 0.15) is 13.8 Å². The molecule has 0 aromatic rings. The summed E-state index contributed by atoms with van der Waals surface area (Å²) in [5.41, 5.74) is 0. The molecule has 0 N–H and O–H groups in total. The molecule has 56 valence electrons. The van der Waals surface area contributed by atoms with Gasteiger partial charge in [0.05, 0.1) is 0 Å². The minimum absolute atomic E-state index is 0.760. The summed E-state index contributed by atoms with van der Waals surface area (Å²) in [5, 5.41) is 0. The molecule has 1 heteroatoms. The van der Waals surface area contributed by atoms with E-state index in [-0.39, 0.29) is 0 Å². The number of hydrogen-bond donors (Lipinski definition) is 0. The third kappa shape index (κ3) is 2.26. The Labute approximate surface area is 63.0 Å². The van der Waals surface area contributed by atoms with Crippen LogP contribution in [0.15, 0.2) is 24.4 Å². The molecule has 0 aliphatic carbocycles. The average molecular weight is 137 g/mol. The summed E-state index contributed by atoms with van der Waals surface area (Å²) in [4.78, 5) is 2.32. The van der Waals surface area contributed by atoms with Gasteiger partial charge in [0.1, 0.15) is 0 Å². The zero-order valence-corrected chi connectivity index (χ0v) is 6.75. The van der Waals surface area contributed by atoms with Crippen molar-refractivity contribution in [1.29, 1.82) is 0 Å². The molecule has 1 aliphatic rings. The second-order valence-corrected chi connectivity index (χ2v) is 3.12.